The molecule has 35 heavy (non-hydrogen) atoms. The zero-order valence-corrected chi connectivity index (χ0v) is 20.3. The van der Waals surface area contributed by atoms with Crippen LogP contribution in [0.4, 0.5) is 11.4 Å². The van der Waals surface area contributed by atoms with Crippen LogP contribution in [0.25, 0.3) is 21.8 Å². The predicted molar refractivity (Wildman–Crippen MR) is 144 cm³/mol. The van der Waals surface area contributed by atoms with Gasteiger partial charge in [-0.1, -0.05) is 48.5 Å². The molecule has 0 bridgehead atoms. The van der Waals surface area contributed by atoms with Gasteiger partial charge in [0, 0.05) is 43.1 Å². The van der Waals surface area contributed by atoms with Crippen LogP contribution < -0.4 is 5.01 Å². The number of fused-ring (bicyclic) bond motifs is 3. The SMILES string of the molecule is COCc1ccc(N(/N=C/c2ccc3c4cc(COC)ccc4n(C)c3c2)c2ccccc2)cc1. The van der Waals surface area contributed by atoms with Crippen molar-refractivity contribution in [2.75, 3.05) is 19.2 Å². The summed E-state index contributed by atoms with van der Waals surface area (Å²) in [6.45, 7) is 1.20. The molecule has 0 saturated heterocycles. The second-order valence-electron chi connectivity index (χ2n) is 8.61. The molecular formula is C30H29N3O2. The summed E-state index contributed by atoms with van der Waals surface area (Å²) in [5.74, 6) is 0. The predicted octanol–water partition coefficient (Wildman–Crippen LogP) is 6.80. The van der Waals surface area contributed by atoms with Gasteiger partial charge in [0.2, 0.25) is 0 Å². The van der Waals surface area contributed by atoms with E-state index in [9.17, 15) is 0 Å². The first-order valence-electron chi connectivity index (χ1n) is 11.6. The van der Waals surface area contributed by atoms with Crippen molar-refractivity contribution in [1.82, 2.24) is 4.57 Å². The summed E-state index contributed by atoms with van der Waals surface area (Å²) >= 11 is 0. The lowest BCUT2D eigenvalue weighted by molar-refractivity contribution is 0.185. The number of nitrogens with zero attached hydrogens (tertiary/aromatic N) is 3. The van der Waals surface area contributed by atoms with Crippen LogP contribution >= 0.6 is 0 Å². The zero-order valence-electron chi connectivity index (χ0n) is 20.3. The highest BCUT2D eigenvalue weighted by atomic mass is 16.5. The third-order valence-corrected chi connectivity index (χ3v) is 6.22. The smallest absolute Gasteiger partial charge is 0.0713 e. The van der Waals surface area contributed by atoms with Crippen molar-refractivity contribution >= 4 is 39.4 Å². The minimum absolute atomic E-state index is 0.590. The maximum atomic E-state index is 5.33. The van der Waals surface area contributed by atoms with Gasteiger partial charge in [0.1, 0.15) is 0 Å². The van der Waals surface area contributed by atoms with Gasteiger partial charge in [0.25, 0.3) is 0 Å². The third-order valence-electron chi connectivity index (χ3n) is 6.22. The van der Waals surface area contributed by atoms with Crippen molar-refractivity contribution < 1.29 is 9.47 Å². The van der Waals surface area contributed by atoms with Crippen molar-refractivity contribution in [2.45, 2.75) is 13.2 Å². The molecule has 4 aromatic carbocycles. The molecule has 0 N–H and O–H groups in total. The topological polar surface area (TPSA) is 39.0 Å². The number of hydrazone groups is 1. The number of anilines is 2. The zero-order chi connectivity index (χ0) is 24.2. The van der Waals surface area contributed by atoms with Gasteiger partial charge in [-0.15, -0.1) is 0 Å². The first-order chi connectivity index (χ1) is 17.2. The Morgan fingerprint density at radius 1 is 0.714 bits per heavy atom. The van der Waals surface area contributed by atoms with Crippen LogP contribution in [0.15, 0.2) is 96.1 Å². The van der Waals surface area contributed by atoms with Crippen molar-refractivity contribution in [1.29, 1.82) is 0 Å². The summed E-state index contributed by atoms with van der Waals surface area (Å²) in [5, 5.41) is 9.31. The van der Waals surface area contributed by atoms with Crippen molar-refractivity contribution in [3.8, 4) is 0 Å². The summed E-state index contributed by atoms with van der Waals surface area (Å²) in [7, 11) is 5.55. The Morgan fingerprint density at radius 3 is 2.14 bits per heavy atom. The number of hydrogen-bond donors (Lipinski definition) is 0. The molecular weight excluding hydrogens is 434 g/mol. The minimum atomic E-state index is 0.590. The first-order valence-corrected chi connectivity index (χ1v) is 11.6. The molecule has 5 aromatic rings. The van der Waals surface area contributed by atoms with Crippen LogP contribution in [-0.4, -0.2) is 25.0 Å². The second kappa shape index (κ2) is 10.1. The number of benzene rings is 4. The van der Waals surface area contributed by atoms with Gasteiger partial charge in [0.05, 0.1) is 30.8 Å². The van der Waals surface area contributed by atoms with Crippen LogP contribution in [0.1, 0.15) is 16.7 Å². The van der Waals surface area contributed by atoms with E-state index >= 15 is 0 Å². The number of para-hydroxylation sites is 1. The fourth-order valence-electron chi connectivity index (χ4n) is 4.49. The molecule has 176 valence electrons. The van der Waals surface area contributed by atoms with Crippen molar-refractivity contribution in [3.63, 3.8) is 0 Å². The number of ether oxygens (including phenoxy) is 2. The molecule has 0 saturated carbocycles. The summed E-state index contributed by atoms with van der Waals surface area (Å²) in [4.78, 5) is 0. The summed E-state index contributed by atoms with van der Waals surface area (Å²) in [6, 6.07) is 31.5. The van der Waals surface area contributed by atoms with E-state index in [2.05, 4.69) is 84.4 Å². The highest BCUT2D eigenvalue weighted by molar-refractivity contribution is 6.09. The molecule has 0 aliphatic heterocycles. The van der Waals surface area contributed by atoms with Crippen molar-refractivity contribution in [3.05, 3.63) is 108 Å². The standard InChI is InChI=1S/C30H29N3O2/c1-32-29-16-12-24(21-35-3)17-28(29)27-15-11-23(18-30(27)32)19-31-33(25-7-5-4-6-8-25)26-13-9-22(10-14-26)20-34-2/h4-19H,20-21H2,1-3H3/b31-19+. The van der Waals surface area contributed by atoms with Gasteiger partial charge in [0.15, 0.2) is 0 Å². The second-order valence-corrected chi connectivity index (χ2v) is 8.61. The largest absolute Gasteiger partial charge is 0.380 e. The lowest BCUT2D eigenvalue weighted by Crippen LogP contribution is -2.09. The normalized spacial score (nSPS) is 11.6. The molecule has 5 rings (SSSR count). The molecule has 0 radical (unpaired) electrons. The summed E-state index contributed by atoms with van der Waals surface area (Å²) in [5.41, 5.74) is 7.71. The fraction of sp³-hybridized carbons (Fsp3) is 0.167. The van der Waals surface area contributed by atoms with Crippen LogP contribution in [0.2, 0.25) is 0 Å². The van der Waals surface area contributed by atoms with Gasteiger partial charge >= 0.3 is 0 Å². The Labute approximate surface area is 205 Å². The van der Waals surface area contributed by atoms with Gasteiger partial charge < -0.3 is 14.0 Å². The van der Waals surface area contributed by atoms with Crippen LogP contribution in [-0.2, 0) is 29.7 Å². The Balaban J connectivity index is 1.52. The van der Waals surface area contributed by atoms with E-state index in [1.807, 2.05) is 29.4 Å². The van der Waals surface area contributed by atoms with E-state index in [4.69, 9.17) is 14.6 Å². The van der Waals surface area contributed by atoms with Gasteiger partial charge in [-0.3, -0.25) is 0 Å². The molecule has 1 aromatic heterocycles. The molecule has 0 amide bonds. The first kappa shape index (κ1) is 22.8. The molecule has 0 aliphatic carbocycles. The van der Waals surface area contributed by atoms with Crippen LogP contribution in [0, 0.1) is 0 Å². The molecule has 0 atom stereocenters. The van der Waals surface area contributed by atoms with E-state index in [1.54, 1.807) is 14.2 Å². The average Bonchev–Trinajstić information content (AvgIpc) is 3.17. The van der Waals surface area contributed by atoms with Crippen LogP contribution in [0.3, 0.4) is 0 Å². The lowest BCUT2D eigenvalue weighted by atomic mass is 10.1. The van der Waals surface area contributed by atoms with Crippen LogP contribution in [0.5, 0.6) is 0 Å². The summed E-state index contributed by atoms with van der Waals surface area (Å²) in [6.07, 6.45) is 1.92. The Hall–Kier alpha value is -3.93. The van der Waals surface area contributed by atoms with Gasteiger partial charge in [-0.25, -0.2) is 5.01 Å². The maximum Gasteiger partial charge on any atom is 0.0713 e. The third kappa shape index (κ3) is 4.69. The number of aromatic nitrogens is 1. The molecule has 5 heteroatoms. The lowest BCUT2D eigenvalue weighted by Gasteiger charge is -2.19. The average molecular weight is 464 g/mol. The number of aryl methyl sites for hydroxylation is 1. The van der Waals surface area contributed by atoms with E-state index in [0.29, 0.717) is 13.2 Å². The monoisotopic (exact) mass is 463 g/mol. The molecule has 5 nitrogen and oxygen atoms in total. The highest BCUT2D eigenvalue weighted by Gasteiger charge is 2.11. The summed E-state index contributed by atoms with van der Waals surface area (Å²) < 4.78 is 12.8. The molecule has 1 heterocycles. The van der Waals surface area contributed by atoms with Crippen molar-refractivity contribution in [2.24, 2.45) is 12.1 Å². The Morgan fingerprint density at radius 2 is 1.40 bits per heavy atom. The quantitative estimate of drug-likeness (QED) is 0.188. The Bertz CT molecular complexity index is 1470. The molecule has 0 spiro atoms. The molecule has 0 unspecified atom stereocenters. The molecule has 0 fully saturated rings. The van der Waals surface area contributed by atoms with E-state index < -0.39 is 0 Å². The number of methoxy groups -OCH3 is 2. The number of hydrogen-bond acceptors (Lipinski definition) is 4. The van der Waals surface area contributed by atoms with E-state index in [0.717, 1.165) is 22.5 Å². The fourth-order valence-corrected chi connectivity index (χ4v) is 4.49. The highest BCUT2D eigenvalue weighted by Crippen LogP contribution is 2.30. The minimum Gasteiger partial charge on any atom is -0.380 e. The van der Waals surface area contributed by atoms with E-state index in [-0.39, 0.29) is 0 Å². The number of rotatable bonds is 8. The van der Waals surface area contributed by atoms with Gasteiger partial charge in [-0.2, -0.15) is 5.10 Å². The maximum absolute atomic E-state index is 5.33. The molecule has 0 aliphatic rings. The van der Waals surface area contributed by atoms with E-state index in [1.165, 1.54) is 27.4 Å². The van der Waals surface area contributed by atoms with Gasteiger partial charge in [-0.05, 0) is 59.2 Å². The Kier molecular flexibility index (Phi) is 6.62.